The summed E-state index contributed by atoms with van der Waals surface area (Å²) < 4.78 is 6.19. The summed E-state index contributed by atoms with van der Waals surface area (Å²) in [6.07, 6.45) is 3.81. The summed E-state index contributed by atoms with van der Waals surface area (Å²) in [5.41, 5.74) is 3.17. The largest absolute Gasteiger partial charge is 0.490 e. The number of benzene rings is 2. The molecule has 0 bridgehead atoms. The molecule has 1 saturated heterocycles. The van der Waals surface area contributed by atoms with Crippen molar-refractivity contribution >= 4 is 11.7 Å². The van der Waals surface area contributed by atoms with E-state index in [1.807, 2.05) is 42.2 Å². The number of nitrogens with one attached hydrogen (secondary N) is 1. The number of fused-ring (bicyclic) bond motifs is 1. The molecule has 0 aliphatic carbocycles. The first-order chi connectivity index (χ1) is 14.1. The van der Waals surface area contributed by atoms with E-state index >= 15 is 0 Å². The minimum Gasteiger partial charge on any atom is -0.490 e. The number of amidine groups is 1. The Labute approximate surface area is 172 Å². The van der Waals surface area contributed by atoms with E-state index in [1.54, 1.807) is 0 Å². The van der Waals surface area contributed by atoms with Gasteiger partial charge in [-0.1, -0.05) is 30.3 Å². The van der Waals surface area contributed by atoms with Crippen molar-refractivity contribution in [1.82, 2.24) is 9.80 Å². The molecule has 0 aromatic heterocycles. The molecule has 152 valence electrons. The first kappa shape index (κ1) is 19.5. The highest BCUT2D eigenvalue weighted by Crippen LogP contribution is 2.26. The zero-order chi connectivity index (χ0) is 20.2. The van der Waals surface area contributed by atoms with E-state index in [-0.39, 0.29) is 12.0 Å². The number of ether oxygens (including phenoxy) is 1. The van der Waals surface area contributed by atoms with Crippen LogP contribution in [0.15, 0.2) is 48.5 Å². The van der Waals surface area contributed by atoms with Gasteiger partial charge >= 0.3 is 0 Å². The summed E-state index contributed by atoms with van der Waals surface area (Å²) in [7, 11) is 0. The number of piperidine rings is 1. The predicted molar refractivity (Wildman–Crippen MR) is 115 cm³/mol. The molecule has 0 radical (unpaired) electrons. The molecule has 2 aliphatic rings. The third-order valence-corrected chi connectivity index (χ3v) is 5.98. The van der Waals surface area contributed by atoms with Gasteiger partial charge in [0.2, 0.25) is 0 Å². The van der Waals surface area contributed by atoms with Gasteiger partial charge in [-0.25, -0.2) is 0 Å². The number of amides is 1. The Bertz CT molecular complexity index is 873. The van der Waals surface area contributed by atoms with Crippen molar-refractivity contribution in [2.24, 2.45) is 0 Å². The van der Waals surface area contributed by atoms with Gasteiger partial charge in [-0.05, 0) is 49.1 Å². The fourth-order valence-electron chi connectivity index (χ4n) is 4.21. The van der Waals surface area contributed by atoms with Crippen molar-refractivity contribution in [3.63, 3.8) is 0 Å². The summed E-state index contributed by atoms with van der Waals surface area (Å²) in [4.78, 5) is 17.0. The Morgan fingerprint density at radius 1 is 1.10 bits per heavy atom. The van der Waals surface area contributed by atoms with Crippen molar-refractivity contribution < 1.29 is 9.53 Å². The molecule has 29 heavy (non-hydrogen) atoms. The SMILES string of the molecule is CC(=N)N1CCC(Oc2ccc3c(c2)CCN(CCc2ccccc2)C3=O)CC1. The molecule has 0 unspecified atom stereocenters. The highest BCUT2D eigenvalue weighted by atomic mass is 16.5. The Morgan fingerprint density at radius 3 is 2.59 bits per heavy atom. The smallest absolute Gasteiger partial charge is 0.254 e. The van der Waals surface area contributed by atoms with E-state index in [0.29, 0.717) is 5.84 Å². The van der Waals surface area contributed by atoms with Gasteiger partial charge in [0, 0.05) is 44.6 Å². The third kappa shape index (κ3) is 4.61. The summed E-state index contributed by atoms with van der Waals surface area (Å²) >= 11 is 0. The van der Waals surface area contributed by atoms with E-state index < -0.39 is 0 Å². The van der Waals surface area contributed by atoms with E-state index in [9.17, 15) is 4.79 Å². The molecule has 2 aromatic carbocycles. The Balaban J connectivity index is 1.35. The topological polar surface area (TPSA) is 56.6 Å². The summed E-state index contributed by atoms with van der Waals surface area (Å²) in [6, 6.07) is 16.2. The lowest BCUT2D eigenvalue weighted by Gasteiger charge is -2.33. The van der Waals surface area contributed by atoms with Crippen molar-refractivity contribution in [1.29, 1.82) is 5.41 Å². The Morgan fingerprint density at radius 2 is 1.86 bits per heavy atom. The zero-order valence-corrected chi connectivity index (χ0v) is 17.1. The quantitative estimate of drug-likeness (QED) is 0.624. The standard InChI is InChI=1S/C24H29N3O2/c1-18(25)26-15-11-21(12-16-26)29-22-7-8-23-20(17-22)10-14-27(24(23)28)13-9-19-5-3-2-4-6-19/h2-8,17,21,25H,9-16H2,1H3. The molecule has 1 fully saturated rings. The molecule has 1 N–H and O–H groups in total. The first-order valence-corrected chi connectivity index (χ1v) is 10.5. The van der Waals surface area contributed by atoms with Crippen LogP contribution in [0.25, 0.3) is 0 Å². The van der Waals surface area contributed by atoms with Crippen LogP contribution < -0.4 is 4.74 Å². The van der Waals surface area contributed by atoms with Gasteiger partial charge in [-0.3, -0.25) is 10.2 Å². The summed E-state index contributed by atoms with van der Waals surface area (Å²) in [5.74, 6) is 1.62. The predicted octanol–water partition coefficient (Wildman–Crippen LogP) is 3.77. The Kier molecular flexibility index (Phi) is 5.84. The maximum absolute atomic E-state index is 12.9. The molecular weight excluding hydrogens is 362 g/mol. The molecule has 2 aliphatic heterocycles. The molecule has 2 heterocycles. The van der Waals surface area contributed by atoms with Crippen molar-refractivity contribution in [2.75, 3.05) is 26.2 Å². The molecular formula is C24H29N3O2. The molecule has 5 nitrogen and oxygen atoms in total. The number of hydrogen-bond donors (Lipinski definition) is 1. The van der Waals surface area contributed by atoms with E-state index in [0.717, 1.165) is 68.7 Å². The number of hydrogen-bond acceptors (Lipinski definition) is 3. The number of likely N-dealkylation sites (tertiary alicyclic amines) is 1. The van der Waals surface area contributed by atoms with E-state index in [1.165, 1.54) is 5.56 Å². The van der Waals surface area contributed by atoms with Crippen molar-refractivity contribution in [3.8, 4) is 5.75 Å². The number of nitrogens with zero attached hydrogens (tertiary/aromatic N) is 2. The highest BCUT2D eigenvalue weighted by Gasteiger charge is 2.25. The second-order valence-electron chi connectivity index (χ2n) is 7.99. The lowest BCUT2D eigenvalue weighted by atomic mass is 9.98. The molecule has 0 saturated carbocycles. The van der Waals surface area contributed by atoms with Gasteiger partial charge in [-0.2, -0.15) is 0 Å². The fourth-order valence-corrected chi connectivity index (χ4v) is 4.21. The van der Waals surface area contributed by atoms with Crippen LogP contribution in [0.2, 0.25) is 0 Å². The average molecular weight is 392 g/mol. The lowest BCUT2D eigenvalue weighted by Crippen LogP contribution is -2.40. The van der Waals surface area contributed by atoms with Crippen LogP contribution in [-0.4, -0.2) is 53.8 Å². The fraction of sp³-hybridized carbons (Fsp3) is 0.417. The number of carbonyl (C=O) groups is 1. The van der Waals surface area contributed by atoms with Gasteiger partial charge in [-0.15, -0.1) is 0 Å². The van der Waals surface area contributed by atoms with Crippen LogP contribution in [0, 0.1) is 5.41 Å². The molecule has 4 rings (SSSR count). The van der Waals surface area contributed by atoms with Crippen LogP contribution >= 0.6 is 0 Å². The average Bonchev–Trinajstić information content (AvgIpc) is 2.74. The summed E-state index contributed by atoms with van der Waals surface area (Å²) in [5, 5.41) is 7.74. The molecule has 0 spiro atoms. The molecule has 1 amide bonds. The molecule has 5 heteroatoms. The van der Waals surface area contributed by atoms with Crippen LogP contribution in [0.1, 0.15) is 41.3 Å². The molecule has 0 atom stereocenters. The number of rotatable bonds is 5. The minimum absolute atomic E-state index is 0.128. The second kappa shape index (κ2) is 8.68. The number of carbonyl (C=O) groups excluding carboxylic acids is 1. The monoisotopic (exact) mass is 391 g/mol. The van der Waals surface area contributed by atoms with Gasteiger partial charge in [0.15, 0.2) is 0 Å². The van der Waals surface area contributed by atoms with Gasteiger partial charge in [0.25, 0.3) is 5.91 Å². The van der Waals surface area contributed by atoms with Gasteiger partial charge in [0.1, 0.15) is 11.9 Å². The zero-order valence-electron chi connectivity index (χ0n) is 17.1. The highest BCUT2D eigenvalue weighted by molar-refractivity contribution is 5.97. The minimum atomic E-state index is 0.128. The van der Waals surface area contributed by atoms with Crippen molar-refractivity contribution in [2.45, 2.75) is 38.7 Å². The van der Waals surface area contributed by atoms with Crippen LogP contribution in [-0.2, 0) is 12.8 Å². The van der Waals surface area contributed by atoms with Crippen molar-refractivity contribution in [3.05, 3.63) is 65.2 Å². The Hall–Kier alpha value is -2.82. The van der Waals surface area contributed by atoms with Crippen LogP contribution in [0.4, 0.5) is 0 Å². The van der Waals surface area contributed by atoms with E-state index in [4.69, 9.17) is 10.1 Å². The second-order valence-corrected chi connectivity index (χ2v) is 7.99. The normalized spacial score (nSPS) is 17.2. The third-order valence-electron chi connectivity index (χ3n) is 5.98. The van der Waals surface area contributed by atoms with Crippen LogP contribution in [0.3, 0.4) is 0 Å². The first-order valence-electron chi connectivity index (χ1n) is 10.5. The maximum Gasteiger partial charge on any atom is 0.254 e. The summed E-state index contributed by atoms with van der Waals surface area (Å²) in [6.45, 7) is 5.11. The van der Waals surface area contributed by atoms with Gasteiger partial charge in [0.05, 0.1) is 5.84 Å². The maximum atomic E-state index is 12.9. The molecule has 2 aromatic rings. The van der Waals surface area contributed by atoms with Gasteiger partial charge < -0.3 is 14.5 Å². The van der Waals surface area contributed by atoms with Crippen LogP contribution in [0.5, 0.6) is 5.75 Å². The lowest BCUT2D eigenvalue weighted by molar-refractivity contribution is 0.0741. The van der Waals surface area contributed by atoms with E-state index in [2.05, 4.69) is 23.1 Å².